The number of hydrogen-bond acceptors (Lipinski definition) is 0. The van der Waals surface area contributed by atoms with Crippen molar-refractivity contribution in [1.82, 2.24) is 0 Å². The molecule has 182 valence electrons. The fourth-order valence-electron chi connectivity index (χ4n) is 3.25. The van der Waals surface area contributed by atoms with Gasteiger partial charge in [0.05, 0.1) is 22.0 Å². The molecule has 0 spiro atoms. The summed E-state index contributed by atoms with van der Waals surface area (Å²) in [5, 5.41) is 0. The van der Waals surface area contributed by atoms with Crippen molar-refractivity contribution in [2.45, 2.75) is 40.4 Å². The fourth-order valence-corrected chi connectivity index (χ4v) is 5.34. The van der Waals surface area contributed by atoms with Crippen LogP contribution in [0.15, 0.2) is 124 Å². The third-order valence-corrected chi connectivity index (χ3v) is 7.27. The van der Waals surface area contributed by atoms with E-state index in [0.717, 1.165) is 12.5 Å². The van der Waals surface area contributed by atoms with Crippen LogP contribution in [-0.2, 0) is 29.7 Å². The van der Waals surface area contributed by atoms with Gasteiger partial charge >= 0.3 is 12.4 Å². The van der Waals surface area contributed by atoms with Gasteiger partial charge in [0.1, 0.15) is 0 Å². The van der Waals surface area contributed by atoms with E-state index in [2.05, 4.69) is 91.9 Å². The zero-order valence-electron chi connectivity index (χ0n) is 18.8. The van der Waals surface area contributed by atoms with Crippen molar-refractivity contribution < 1.29 is 26.3 Å². The van der Waals surface area contributed by atoms with Crippen LogP contribution in [0.1, 0.15) is 23.6 Å². The van der Waals surface area contributed by atoms with Crippen LogP contribution in [0.5, 0.6) is 0 Å². The molecular weight excluding hydrogens is 482 g/mol. The average Bonchev–Trinajstić information content (AvgIpc) is 2.85. The van der Waals surface area contributed by atoms with Gasteiger partial charge in [-0.1, -0.05) is 61.5 Å². The lowest BCUT2D eigenvalue weighted by Crippen LogP contribution is -2.09. The Balaban J connectivity index is 0.000000214. The summed E-state index contributed by atoms with van der Waals surface area (Å²) in [7, 11) is -0.0249. The molecule has 0 saturated heterocycles. The Morgan fingerprint density at radius 1 is 0.514 bits per heavy atom. The Kier molecular flexibility index (Phi) is 8.67. The molecule has 0 nitrogen and oxygen atoms in total. The van der Waals surface area contributed by atoms with Crippen molar-refractivity contribution >= 4 is 10.9 Å². The summed E-state index contributed by atoms with van der Waals surface area (Å²) >= 11 is 0. The summed E-state index contributed by atoms with van der Waals surface area (Å²) in [6, 6.07) is 32.6. The molecule has 4 rings (SSSR count). The molecule has 4 aromatic carbocycles. The highest BCUT2D eigenvalue weighted by Crippen LogP contribution is 2.35. The van der Waals surface area contributed by atoms with Crippen LogP contribution in [0, 0.1) is 0 Å². The first kappa shape index (κ1) is 26.4. The maximum absolute atomic E-state index is 12.0. The van der Waals surface area contributed by atoms with Crippen molar-refractivity contribution in [3.05, 3.63) is 126 Å². The molecule has 0 aromatic heterocycles. The number of rotatable bonds is 4. The molecule has 0 radical (unpaired) electrons. The number of aryl methyl sites for hydroxylation is 1. The van der Waals surface area contributed by atoms with Gasteiger partial charge in [-0.3, -0.25) is 0 Å². The SMILES string of the molecule is CCc1ccc([S+](c2ccccc2)c2ccccc2)cc1.FC(F)(F)c1cccc(C(F)(F)F)c1. The molecule has 0 bridgehead atoms. The highest BCUT2D eigenvalue weighted by molar-refractivity contribution is 7.97. The van der Waals surface area contributed by atoms with Crippen LogP contribution in [0.3, 0.4) is 0 Å². The Morgan fingerprint density at radius 3 is 1.29 bits per heavy atom. The lowest BCUT2D eigenvalue weighted by atomic mass is 10.1. The van der Waals surface area contributed by atoms with E-state index in [1.165, 1.54) is 20.2 Å². The molecule has 0 aliphatic rings. The molecule has 0 amide bonds. The summed E-state index contributed by atoms with van der Waals surface area (Å²) in [4.78, 5) is 4.12. The highest BCUT2D eigenvalue weighted by atomic mass is 32.2. The summed E-state index contributed by atoms with van der Waals surface area (Å²) in [6.07, 6.45) is -8.41. The highest BCUT2D eigenvalue weighted by Gasteiger charge is 2.35. The molecule has 0 heterocycles. The van der Waals surface area contributed by atoms with Crippen molar-refractivity contribution in [3.8, 4) is 0 Å². The van der Waals surface area contributed by atoms with E-state index in [9.17, 15) is 26.3 Å². The van der Waals surface area contributed by atoms with Crippen molar-refractivity contribution in [2.75, 3.05) is 0 Å². The second-order valence-electron chi connectivity index (χ2n) is 7.51. The van der Waals surface area contributed by atoms with Gasteiger partial charge in [-0.05, 0) is 66.6 Å². The maximum Gasteiger partial charge on any atom is 0.416 e. The minimum Gasteiger partial charge on any atom is -0.166 e. The largest absolute Gasteiger partial charge is 0.416 e. The normalized spacial score (nSPS) is 11.7. The topological polar surface area (TPSA) is 0 Å². The molecular formula is C28H23F6S+. The van der Waals surface area contributed by atoms with E-state index in [-0.39, 0.29) is 17.0 Å². The van der Waals surface area contributed by atoms with E-state index < -0.39 is 23.5 Å². The van der Waals surface area contributed by atoms with Crippen LogP contribution >= 0.6 is 0 Å². The van der Waals surface area contributed by atoms with Crippen LogP contribution in [0.2, 0.25) is 0 Å². The minimum atomic E-state index is -4.75. The molecule has 4 aromatic rings. The smallest absolute Gasteiger partial charge is 0.166 e. The molecule has 35 heavy (non-hydrogen) atoms. The molecule has 0 aliphatic carbocycles. The number of hydrogen-bond donors (Lipinski definition) is 0. The van der Waals surface area contributed by atoms with Gasteiger partial charge in [0, 0.05) is 0 Å². The van der Waals surface area contributed by atoms with Gasteiger partial charge in [-0.25, -0.2) is 0 Å². The van der Waals surface area contributed by atoms with Gasteiger partial charge in [0.15, 0.2) is 14.7 Å². The van der Waals surface area contributed by atoms with E-state index in [1.54, 1.807) is 0 Å². The molecule has 7 heteroatoms. The predicted molar refractivity (Wildman–Crippen MR) is 127 cm³/mol. The lowest BCUT2D eigenvalue weighted by molar-refractivity contribution is -0.143. The van der Waals surface area contributed by atoms with Crippen LogP contribution in [-0.4, -0.2) is 0 Å². The van der Waals surface area contributed by atoms with Gasteiger partial charge in [0.2, 0.25) is 0 Å². The van der Waals surface area contributed by atoms with Gasteiger partial charge in [-0.15, -0.1) is 0 Å². The Labute approximate surface area is 203 Å². The summed E-state index contributed by atoms with van der Waals surface area (Å²) in [5.74, 6) is 0. The quantitative estimate of drug-likeness (QED) is 0.192. The molecule has 0 saturated carbocycles. The molecule has 0 aliphatic heterocycles. The van der Waals surface area contributed by atoms with Crippen LogP contribution in [0.4, 0.5) is 26.3 Å². The second kappa shape index (κ2) is 11.5. The predicted octanol–water partition coefficient (Wildman–Crippen LogP) is 9.07. The Bertz CT molecular complexity index is 1120. The van der Waals surface area contributed by atoms with Crippen molar-refractivity contribution in [1.29, 1.82) is 0 Å². The van der Waals surface area contributed by atoms with Crippen LogP contribution in [0.25, 0.3) is 0 Å². The average molecular weight is 506 g/mol. The van der Waals surface area contributed by atoms with Gasteiger partial charge in [-0.2, -0.15) is 26.3 Å². The van der Waals surface area contributed by atoms with Crippen LogP contribution < -0.4 is 0 Å². The third kappa shape index (κ3) is 7.39. The second-order valence-corrected chi connectivity index (χ2v) is 9.53. The number of alkyl halides is 6. The van der Waals surface area contributed by atoms with Crippen molar-refractivity contribution in [3.63, 3.8) is 0 Å². The minimum absolute atomic E-state index is 0.0249. The first-order chi connectivity index (χ1) is 16.6. The summed E-state index contributed by atoms with van der Waals surface area (Å²) in [6.45, 7) is 2.20. The lowest BCUT2D eigenvalue weighted by Gasteiger charge is -2.10. The Morgan fingerprint density at radius 2 is 0.914 bits per heavy atom. The van der Waals surface area contributed by atoms with E-state index in [4.69, 9.17) is 0 Å². The van der Waals surface area contributed by atoms with Crippen molar-refractivity contribution in [2.24, 2.45) is 0 Å². The number of benzene rings is 4. The first-order valence-corrected chi connectivity index (χ1v) is 12.0. The van der Waals surface area contributed by atoms with E-state index in [1.807, 2.05) is 0 Å². The monoisotopic (exact) mass is 505 g/mol. The maximum atomic E-state index is 12.0. The zero-order chi connectivity index (χ0) is 25.5. The van der Waals surface area contributed by atoms with Gasteiger partial charge < -0.3 is 0 Å². The first-order valence-electron chi connectivity index (χ1n) is 10.8. The molecule has 0 fully saturated rings. The Hall–Kier alpha value is -3.19. The molecule has 0 unspecified atom stereocenters. The molecule has 0 atom stereocenters. The standard InChI is InChI=1S/C20H19S.C8H4F6/c1-2-17-13-15-20(16-14-17)21(18-9-5-3-6-10-18)19-11-7-4-8-12-19;9-7(10,11)5-2-1-3-6(4-5)8(12,13)14/h3-16H,2H2,1H3;1-4H/q+1;. The van der Waals surface area contributed by atoms with Gasteiger partial charge in [0.25, 0.3) is 0 Å². The zero-order valence-corrected chi connectivity index (χ0v) is 19.6. The fraction of sp³-hybridized carbons (Fsp3) is 0.143. The molecule has 0 N–H and O–H groups in total. The third-order valence-electron chi connectivity index (χ3n) is 5.04. The van der Waals surface area contributed by atoms with E-state index >= 15 is 0 Å². The summed E-state index contributed by atoms with van der Waals surface area (Å²) < 4.78 is 71.9. The number of halogens is 6. The summed E-state index contributed by atoms with van der Waals surface area (Å²) in [5.41, 5.74) is -1.21. The van der Waals surface area contributed by atoms with E-state index in [0.29, 0.717) is 12.1 Å².